The number of alkyl halides is 3. The third kappa shape index (κ3) is 4.37. The number of nitrogens with one attached hydrogen (secondary N) is 1. The largest absolute Gasteiger partial charge is 0.416 e. The number of carbonyl (C=O) groups is 1. The van der Waals surface area contributed by atoms with E-state index in [2.05, 4.69) is 5.32 Å². The molecule has 2 rings (SSSR count). The van der Waals surface area contributed by atoms with Crippen LogP contribution >= 0.6 is 11.6 Å². The lowest BCUT2D eigenvalue weighted by Crippen LogP contribution is -2.14. The lowest BCUT2D eigenvalue weighted by Gasteiger charge is -2.10. The van der Waals surface area contributed by atoms with Gasteiger partial charge in [-0.15, -0.1) is 0 Å². The van der Waals surface area contributed by atoms with Crippen LogP contribution in [-0.4, -0.2) is 5.91 Å². The number of nitrogens with zero attached hydrogens (tertiary/aromatic N) is 1. The van der Waals surface area contributed by atoms with E-state index in [4.69, 9.17) is 16.9 Å². The smallest absolute Gasteiger partial charge is 0.321 e. The Kier molecular flexibility index (Phi) is 5.27. The summed E-state index contributed by atoms with van der Waals surface area (Å²) in [6.07, 6.45) is -3.67. The van der Waals surface area contributed by atoms with Gasteiger partial charge in [0, 0.05) is 10.7 Å². The number of hydrogen-bond donors (Lipinski definition) is 1. The minimum atomic E-state index is -4.58. The van der Waals surface area contributed by atoms with Crippen molar-refractivity contribution in [3.05, 3.63) is 70.3 Å². The highest BCUT2D eigenvalue weighted by Gasteiger charge is 2.32. The van der Waals surface area contributed by atoms with Crippen molar-refractivity contribution in [3.63, 3.8) is 0 Å². The van der Waals surface area contributed by atoms with Crippen LogP contribution in [0, 0.1) is 11.3 Å². The Morgan fingerprint density at radius 2 is 1.75 bits per heavy atom. The predicted molar refractivity (Wildman–Crippen MR) is 85.1 cm³/mol. The quantitative estimate of drug-likeness (QED) is 0.632. The van der Waals surface area contributed by atoms with Gasteiger partial charge in [0.15, 0.2) is 0 Å². The summed E-state index contributed by atoms with van der Waals surface area (Å²) in [6.45, 7) is 0. The molecule has 1 N–H and O–H groups in total. The van der Waals surface area contributed by atoms with Gasteiger partial charge in [0.1, 0.15) is 11.6 Å². The van der Waals surface area contributed by atoms with Crippen LogP contribution in [0.2, 0.25) is 5.02 Å². The normalized spacial score (nSPS) is 11.7. The molecule has 24 heavy (non-hydrogen) atoms. The van der Waals surface area contributed by atoms with Crippen molar-refractivity contribution in [2.24, 2.45) is 0 Å². The van der Waals surface area contributed by atoms with Gasteiger partial charge >= 0.3 is 6.18 Å². The van der Waals surface area contributed by atoms with Gasteiger partial charge < -0.3 is 5.32 Å². The molecule has 0 aliphatic heterocycles. The van der Waals surface area contributed by atoms with E-state index in [0.29, 0.717) is 10.7 Å². The molecule has 1 amide bonds. The van der Waals surface area contributed by atoms with Crippen molar-refractivity contribution < 1.29 is 18.0 Å². The van der Waals surface area contributed by atoms with E-state index in [1.165, 1.54) is 42.5 Å². The fraction of sp³-hybridized carbons (Fsp3) is 0.0588. The SMILES string of the molecule is N#C/C(=C/c1ccccc1C(F)(F)F)C(=O)Nc1ccc(Cl)cc1. The van der Waals surface area contributed by atoms with Crippen LogP contribution in [0.5, 0.6) is 0 Å². The van der Waals surface area contributed by atoms with Crippen LogP contribution in [0.25, 0.3) is 6.08 Å². The van der Waals surface area contributed by atoms with Gasteiger partial charge in [-0.2, -0.15) is 18.4 Å². The first-order valence-electron chi connectivity index (χ1n) is 6.66. The molecular weight excluding hydrogens is 341 g/mol. The van der Waals surface area contributed by atoms with E-state index >= 15 is 0 Å². The van der Waals surface area contributed by atoms with Crippen molar-refractivity contribution in [2.75, 3.05) is 5.32 Å². The third-order valence-electron chi connectivity index (χ3n) is 3.03. The second-order valence-electron chi connectivity index (χ2n) is 4.72. The standard InChI is InChI=1S/C17H10ClF3N2O/c18-13-5-7-14(8-6-13)23-16(24)12(10-22)9-11-3-1-2-4-15(11)17(19,20)21/h1-9H,(H,23,24)/b12-9-. The van der Waals surface area contributed by atoms with E-state index in [1.54, 1.807) is 6.07 Å². The molecule has 122 valence electrons. The monoisotopic (exact) mass is 350 g/mol. The second kappa shape index (κ2) is 7.20. The maximum atomic E-state index is 13.0. The number of anilines is 1. The van der Waals surface area contributed by atoms with Crippen LogP contribution in [0.4, 0.5) is 18.9 Å². The molecule has 0 aliphatic carbocycles. The molecule has 0 saturated heterocycles. The summed E-state index contributed by atoms with van der Waals surface area (Å²) in [7, 11) is 0. The zero-order chi connectivity index (χ0) is 17.7. The van der Waals surface area contributed by atoms with Crippen LogP contribution < -0.4 is 5.32 Å². The van der Waals surface area contributed by atoms with Crippen molar-refractivity contribution in [1.82, 2.24) is 0 Å². The molecular formula is C17H10ClF3N2O. The number of carbonyl (C=O) groups excluding carboxylic acids is 1. The first-order valence-corrected chi connectivity index (χ1v) is 7.04. The minimum Gasteiger partial charge on any atom is -0.321 e. The summed E-state index contributed by atoms with van der Waals surface area (Å²) in [6, 6.07) is 12.4. The summed E-state index contributed by atoms with van der Waals surface area (Å²) >= 11 is 5.72. The van der Waals surface area contributed by atoms with Crippen LogP contribution in [-0.2, 0) is 11.0 Å². The van der Waals surface area contributed by atoms with Crippen molar-refractivity contribution in [2.45, 2.75) is 6.18 Å². The highest BCUT2D eigenvalue weighted by atomic mass is 35.5. The highest BCUT2D eigenvalue weighted by molar-refractivity contribution is 6.30. The summed E-state index contributed by atoms with van der Waals surface area (Å²) in [5, 5.41) is 12.0. The van der Waals surface area contributed by atoms with Gasteiger partial charge in [-0.1, -0.05) is 29.8 Å². The summed E-state index contributed by atoms with van der Waals surface area (Å²) in [4.78, 5) is 12.1. The Morgan fingerprint density at radius 1 is 1.12 bits per heavy atom. The number of amides is 1. The molecule has 0 bridgehead atoms. The van der Waals surface area contributed by atoms with E-state index < -0.39 is 23.2 Å². The zero-order valence-corrected chi connectivity index (χ0v) is 12.8. The van der Waals surface area contributed by atoms with Gasteiger partial charge in [-0.3, -0.25) is 4.79 Å². The van der Waals surface area contributed by atoms with Gasteiger partial charge in [-0.05, 0) is 42.0 Å². The fourth-order valence-electron chi connectivity index (χ4n) is 1.92. The molecule has 0 aromatic heterocycles. The first kappa shape index (κ1) is 17.6. The van der Waals surface area contributed by atoms with Crippen LogP contribution in [0.3, 0.4) is 0 Å². The first-order chi connectivity index (χ1) is 11.3. The summed E-state index contributed by atoms with van der Waals surface area (Å²) < 4.78 is 38.9. The molecule has 7 heteroatoms. The summed E-state index contributed by atoms with van der Waals surface area (Å²) in [5.74, 6) is -0.809. The third-order valence-corrected chi connectivity index (χ3v) is 3.29. The molecule has 0 heterocycles. The molecule has 0 unspecified atom stereocenters. The Morgan fingerprint density at radius 3 is 2.33 bits per heavy atom. The molecule has 2 aromatic rings. The van der Waals surface area contributed by atoms with E-state index in [0.717, 1.165) is 12.1 Å². The fourth-order valence-corrected chi connectivity index (χ4v) is 2.04. The molecule has 0 radical (unpaired) electrons. The molecule has 0 fully saturated rings. The number of halogens is 4. The van der Waals surface area contributed by atoms with Gasteiger partial charge in [0.05, 0.1) is 5.56 Å². The number of benzene rings is 2. The highest BCUT2D eigenvalue weighted by Crippen LogP contribution is 2.32. The van der Waals surface area contributed by atoms with E-state index in [9.17, 15) is 18.0 Å². The van der Waals surface area contributed by atoms with Gasteiger partial charge in [0.2, 0.25) is 0 Å². The molecule has 2 aromatic carbocycles. The average Bonchev–Trinajstić information content (AvgIpc) is 2.54. The van der Waals surface area contributed by atoms with Crippen LogP contribution in [0.1, 0.15) is 11.1 Å². The summed E-state index contributed by atoms with van der Waals surface area (Å²) in [5.41, 5.74) is -1.25. The Hall–Kier alpha value is -2.78. The Balaban J connectivity index is 2.32. The maximum absolute atomic E-state index is 13.0. The van der Waals surface area contributed by atoms with Crippen molar-refractivity contribution in [1.29, 1.82) is 5.26 Å². The topological polar surface area (TPSA) is 52.9 Å². The number of hydrogen-bond acceptors (Lipinski definition) is 2. The zero-order valence-electron chi connectivity index (χ0n) is 12.1. The lowest BCUT2D eigenvalue weighted by atomic mass is 10.0. The van der Waals surface area contributed by atoms with E-state index in [-0.39, 0.29) is 5.56 Å². The molecule has 3 nitrogen and oxygen atoms in total. The average molecular weight is 351 g/mol. The van der Waals surface area contributed by atoms with Gasteiger partial charge in [-0.25, -0.2) is 0 Å². The Labute approximate surface area is 141 Å². The molecule has 0 spiro atoms. The van der Waals surface area contributed by atoms with Crippen LogP contribution in [0.15, 0.2) is 54.1 Å². The number of rotatable bonds is 3. The minimum absolute atomic E-state index is 0.257. The van der Waals surface area contributed by atoms with Crippen molar-refractivity contribution in [3.8, 4) is 6.07 Å². The Bertz CT molecular complexity index is 821. The maximum Gasteiger partial charge on any atom is 0.416 e. The van der Waals surface area contributed by atoms with Crippen molar-refractivity contribution >= 4 is 29.3 Å². The molecule has 0 atom stereocenters. The molecule has 0 saturated carbocycles. The van der Waals surface area contributed by atoms with E-state index in [1.807, 2.05) is 0 Å². The van der Waals surface area contributed by atoms with Gasteiger partial charge in [0.25, 0.3) is 5.91 Å². The molecule has 0 aliphatic rings. The predicted octanol–water partition coefficient (Wildman–Crippen LogP) is 4.90. The lowest BCUT2D eigenvalue weighted by molar-refractivity contribution is -0.137. The second-order valence-corrected chi connectivity index (χ2v) is 5.15. The number of nitriles is 1.